The van der Waals surface area contributed by atoms with Crippen LogP contribution < -0.4 is 4.74 Å². The van der Waals surface area contributed by atoms with Crippen LogP contribution in [0.15, 0.2) is 48.5 Å². The Bertz CT molecular complexity index is 516. The van der Waals surface area contributed by atoms with Crippen molar-refractivity contribution in [3.8, 4) is 11.5 Å². The number of aromatic hydroxyl groups is 1. The van der Waals surface area contributed by atoms with Gasteiger partial charge in [0.05, 0.1) is 7.11 Å². The lowest BCUT2D eigenvalue weighted by molar-refractivity contribution is 0.407. The van der Waals surface area contributed by atoms with E-state index in [2.05, 4.69) is 0 Å². The first-order valence-corrected chi connectivity index (χ1v) is 5.39. The predicted octanol–water partition coefficient (Wildman–Crippen LogP) is 3.57. The molecule has 2 aromatic carbocycles. The van der Waals surface area contributed by atoms with Crippen molar-refractivity contribution in [2.24, 2.45) is 0 Å². The molecule has 17 heavy (non-hydrogen) atoms. The van der Waals surface area contributed by atoms with E-state index in [0.717, 1.165) is 11.1 Å². The van der Waals surface area contributed by atoms with Crippen molar-refractivity contribution in [1.82, 2.24) is 0 Å². The van der Waals surface area contributed by atoms with E-state index in [1.807, 2.05) is 48.6 Å². The molecule has 0 saturated heterocycles. The minimum absolute atomic E-state index is 0.206. The molecular weight excluding hydrogens is 212 g/mol. The summed E-state index contributed by atoms with van der Waals surface area (Å²) in [4.78, 5) is 0. The molecule has 0 fully saturated rings. The average molecular weight is 226 g/mol. The number of ether oxygens (including phenoxy) is 1. The van der Waals surface area contributed by atoms with Crippen LogP contribution in [-0.4, -0.2) is 12.2 Å². The van der Waals surface area contributed by atoms with Crippen LogP contribution >= 0.6 is 0 Å². The zero-order chi connectivity index (χ0) is 12.1. The van der Waals surface area contributed by atoms with Gasteiger partial charge in [-0.3, -0.25) is 0 Å². The Kier molecular flexibility index (Phi) is 3.46. The summed E-state index contributed by atoms with van der Waals surface area (Å²) in [5.74, 6) is 0.856. The molecule has 0 amide bonds. The summed E-state index contributed by atoms with van der Waals surface area (Å²) in [5, 5.41) is 9.51. The van der Waals surface area contributed by atoms with E-state index in [1.165, 1.54) is 0 Å². The maximum Gasteiger partial charge on any atom is 0.123 e. The third kappa shape index (κ3) is 3.11. The van der Waals surface area contributed by atoms with E-state index in [4.69, 9.17) is 4.74 Å². The molecule has 2 rings (SSSR count). The van der Waals surface area contributed by atoms with Gasteiger partial charge in [0.25, 0.3) is 0 Å². The lowest BCUT2D eigenvalue weighted by Gasteiger charge is -2.02. The third-order valence-electron chi connectivity index (χ3n) is 2.42. The summed E-state index contributed by atoms with van der Waals surface area (Å²) in [7, 11) is 1.58. The summed E-state index contributed by atoms with van der Waals surface area (Å²) in [6, 6.07) is 15.2. The smallest absolute Gasteiger partial charge is 0.123 e. The van der Waals surface area contributed by atoms with Crippen LogP contribution in [0.1, 0.15) is 11.1 Å². The number of phenols is 1. The normalized spacial score (nSPS) is 10.6. The minimum Gasteiger partial charge on any atom is -0.508 e. The zero-order valence-electron chi connectivity index (χ0n) is 9.63. The maximum atomic E-state index is 9.51. The topological polar surface area (TPSA) is 29.5 Å². The first-order chi connectivity index (χ1) is 8.28. The van der Waals surface area contributed by atoms with Crippen molar-refractivity contribution in [3.63, 3.8) is 0 Å². The summed E-state index contributed by atoms with van der Waals surface area (Å²) in [6.07, 6.45) is 3.94. The van der Waals surface area contributed by atoms with Gasteiger partial charge in [0.2, 0.25) is 0 Å². The molecule has 0 heterocycles. The van der Waals surface area contributed by atoms with E-state index < -0.39 is 0 Å². The molecule has 0 radical (unpaired) electrons. The fourth-order valence-electron chi connectivity index (χ4n) is 1.58. The van der Waals surface area contributed by atoms with Crippen LogP contribution in [0, 0.1) is 0 Å². The third-order valence-corrected chi connectivity index (χ3v) is 2.42. The number of hydrogen-bond donors (Lipinski definition) is 1. The molecule has 2 heteroatoms. The van der Waals surface area contributed by atoms with Crippen LogP contribution in [0.4, 0.5) is 0 Å². The molecule has 0 aliphatic carbocycles. The van der Waals surface area contributed by atoms with Crippen molar-refractivity contribution in [1.29, 1.82) is 0 Å². The van der Waals surface area contributed by atoms with Crippen molar-refractivity contribution >= 4 is 12.2 Å². The lowest BCUT2D eigenvalue weighted by Crippen LogP contribution is -1.83. The molecule has 0 saturated carbocycles. The molecule has 0 bridgehead atoms. The van der Waals surface area contributed by atoms with Gasteiger partial charge in [-0.1, -0.05) is 42.5 Å². The van der Waals surface area contributed by atoms with Gasteiger partial charge in [0, 0.05) is 6.07 Å². The fraction of sp³-hybridized carbons (Fsp3) is 0.0667. The van der Waals surface area contributed by atoms with Gasteiger partial charge >= 0.3 is 0 Å². The van der Waals surface area contributed by atoms with E-state index >= 15 is 0 Å². The second-order valence-corrected chi connectivity index (χ2v) is 3.71. The van der Waals surface area contributed by atoms with Crippen LogP contribution in [0.5, 0.6) is 11.5 Å². The molecule has 0 atom stereocenters. The largest absolute Gasteiger partial charge is 0.508 e. The molecular formula is C15H14O2. The average Bonchev–Trinajstić information content (AvgIpc) is 2.37. The molecule has 0 aliphatic heterocycles. The highest BCUT2D eigenvalue weighted by molar-refractivity contribution is 5.70. The van der Waals surface area contributed by atoms with Gasteiger partial charge < -0.3 is 9.84 Å². The molecule has 0 unspecified atom stereocenters. The Balaban J connectivity index is 2.24. The Morgan fingerprint density at radius 2 is 1.65 bits per heavy atom. The highest BCUT2D eigenvalue weighted by atomic mass is 16.5. The van der Waals surface area contributed by atoms with Gasteiger partial charge in [0.15, 0.2) is 0 Å². The molecule has 0 aromatic heterocycles. The highest BCUT2D eigenvalue weighted by Crippen LogP contribution is 2.22. The summed E-state index contributed by atoms with van der Waals surface area (Å²) < 4.78 is 5.09. The van der Waals surface area contributed by atoms with Gasteiger partial charge in [-0.05, 0) is 23.3 Å². The Labute approximate surface area is 101 Å². The molecule has 0 spiro atoms. The van der Waals surface area contributed by atoms with Crippen LogP contribution in [0.3, 0.4) is 0 Å². The summed E-state index contributed by atoms with van der Waals surface area (Å²) >= 11 is 0. The number of hydrogen-bond acceptors (Lipinski definition) is 2. The molecule has 86 valence electrons. The molecule has 2 aromatic rings. The van der Waals surface area contributed by atoms with E-state index in [1.54, 1.807) is 19.2 Å². The quantitative estimate of drug-likeness (QED) is 0.811. The van der Waals surface area contributed by atoms with Crippen molar-refractivity contribution in [3.05, 3.63) is 59.7 Å². The number of rotatable bonds is 3. The Morgan fingerprint density at radius 3 is 2.35 bits per heavy atom. The van der Waals surface area contributed by atoms with E-state index in [9.17, 15) is 5.11 Å². The van der Waals surface area contributed by atoms with Gasteiger partial charge in [-0.2, -0.15) is 0 Å². The molecule has 0 aliphatic rings. The lowest BCUT2D eigenvalue weighted by atomic mass is 10.1. The second-order valence-electron chi connectivity index (χ2n) is 3.71. The van der Waals surface area contributed by atoms with Crippen molar-refractivity contribution in [2.75, 3.05) is 7.11 Å². The van der Waals surface area contributed by atoms with E-state index in [-0.39, 0.29) is 5.75 Å². The van der Waals surface area contributed by atoms with Crippen molar-refractivity contribution in [2.45, 2.75) is 0 Å². The van der Waals surface area contributed by atoms with E-state index in [0.29, 0.717) is 5.75 Å². The highest BCUT2D eigenvalue weighted by Gasteiger charge is 1.97. The molecule has 2 nitrogen and oxygen atoms in total. The van der Waals surface area contributed by atoms with Crippen LogP contribution in [-0.2, 0) is 0 Å². The van der Waals surface area contributed by atoms with Gasteiger partial charge in [-0.25, -0.2) is 0 Å². The van der Waals surface area contributed by atoms with Crippen LogP contribution in [0.2, 0.25) is 0 Å². The predicted molar refractivity (Wildman–Crippen MR) is 70.0 cm³/mol. The number of phenolic OH excluding ortho intramolecular Hbond substituents is 1. The van der Waals surface area contributed by atoms with Crippen molar-refractivity contribution < 1.29 is 9.84 Å². The summed E-state index contributed by atoms with van der Waals surface area (Å²) in [6.45, 7) is 0. The summed E-state index contributed by atoms with van der Waals surface area (Å²) in [5.41, 5.74) is 2.03. The maximum absolute atomic E-state index is 9.51. The monoisotopic (exact) mass is 226 g/mol. The number of methoxy groups -OCH3 is 1. The standard InChI is InChI=1S/C15H14O2/c1-17-15-10-13(9-14(16)11-15)8-7-12-5-3-2-4-6-12/h2-11,16H,1H3/b8-7-. The van der Waals surface area contributed by atoms with Gasteiger partial charge in [-0.15, -0.1) is 0 Å². The minimum atomic E-state index is 0.206. The van der Waals surface area contributed by atoms with Crippen LogP contribution in [0.25, 0.3) is 12.2 Å². The zero-order valence-corrected chi connectivity index (χ0v) is 9.63. The number of benzene rings is 2. The second kappa shape index (κ2) is 5.21. The van der Waals surface area contributed by atoms with Gasteiger partial charge in [0.1, 0.15) is 11.5 Å². The first kappa shape index (κ1) is 11.3. The Hall–Kier alpha value is -2.22. The SMILES string of the molecule is COc1cc(O)cc(/C=C\c2ccccc2)c1. The molecule has 1 N–H and O–H groups in total. The Morgan fingerprint density at radius 1 is 0.941 bits per heavy atom. The fourth-order valence-corrected chi connectivity index (χ4v) is 1.58. The first-order valence-electron chi connectivity index (χ1n) is 5.39.